The monoisotopic (exact) mass is 803 g/mol. The van der Waals surface area contributed by atoms with E-state index in [4.69, 9.17) is 9.41 Å². The fourth-order valence-electron chi connectivity index (χ4n) is 6.54. The first kappa shape index (κ1) is 38.4. The number of aryl methyl sites for hydroxylation is 4. The highest BCUT2D eigenvalue weighted by molar-refractivity contribution is 8.04. The number of fused-ring (bicyclic) bond motifs is 2. The molecule has 8 nitrogen and oxygen atoms in total. The van der Waals surface area contributed by atoms with Crippen molar-refractivity contribution < 1.29 is 43.2 Å². The van der Waals surface area contributed by atoms with Crippen molar-refractivity contribution in [3.05, 3.63) is 154 Å². The fraction of sp³-hybridized carbons (Fsp3) is 0.0976. The second kappa shape index (κ2) is 14.3. The Hall–Kier alpha value is -5.90. The highest BCUT2D eigenvalue weighted by Crippen LogP contribution is 2.43. The number of para-hydroxylation sites is 2. The molecule has 2 N–H and O–H groups in total. The third kappa shape index (κ3) is 6.82. The summed E-state index contributed by atoms with van der Waals surface area (Å²) in [7, 11) is -11.3. The summed E-state index contributed by atoms with van der Waals surface area (Å²) >= 11 is 0. The molecule has 7 rings (SSSR count). The van der Waals surface area contributed by atoms with Gasteiger partial charge in [-0.25, -0.2) is 43.8 Å². The molecule has 15 heteroatoms. The molecule has 0 aromatic heterocycles. The maximum atomic E-state index is 14.6. The molecule has 1 aliphatic heterocycles. The molecular weight excluding hydrogens is 774 g/mol. The molecule has 5 aromatic rings. The molecule has 56 heavy (non-hydrogen) atoms. The van der Waals surface area contributed by atoms with Crippen LogP contribution in [-0.4, -0.2) is 16.8 Å². The Kier molecular flexibility index (Phi) is 9.81. The van der Waals surface area contributed by atoms with E-state index in [1.807, 2.05) is 64.1 Å². The van der Waals surface area contributed by atoms with Crippen LogP contribution < -0.4 is 14.8 Å². The molecule has 0 fully saturated rings. The summed E-state index contributed by atoms with van der Waals surface area (Å²) in [5.41, 5.74) is 6.87. The van der Waals surface area contributed by atoms with E-state index in [0.717, 1.165) is 39.7 Å². The zero-order chi connectivity index (χ0) is 40.3. The van der Waals surface area contributed by atoms with E-state index in [2.05, 4.69) is 5.32 Å². The van der Waals surface area contributed by atoms with Crippen LogP contribution >= 0.6 is 0 Å². The average molecular weight is 804 g/mol. The minimum absolute atomic E-state index is 0.0756. The maximum absolute atomic E-state index is 14.6. The zero-order valence-corrected chi connectivity index (χ0v) is 31.6. The minimum atomic E-state index is -5.93. The van der Waals surface area contributed by atoms with Crippen molar-refractivity contribution >= 4 is 48.1 Å². The van der Waals surface area contributed by atoms with Gasteiger partial charge in [-0.2, -0.15) is 0 Å². The lowest BCUT2D eigenvalue weighted by Gasteiger charge is -2.19. The van der Waals surface area contributed by atoms with E-state index in [1.54, 1.807) is 36.4 Å². The number of anilines is 2. The van der Waals surface area contributed by atoms with Crippen LogP contribution in [0.5, 0.6) is 0 Å². The van der Waals surface area contributed by atoms with Crippen LogP contribution in [0.4, 0.5) is 39.0 Å². The van der Waals surface area contributed by atoms with Crippen LogP contribution in [0.15, 0.2) is 116 Å². The topological polar surface area (TPSA) is 118 Å². The van der Waals surface area contributed by atoms with Gasteiger partial charge in [-0.1, -0.05) is 54.6 Å². The van der Waals surface area contributed by atoms with Gasteiger partial charge in [-0.05, 0) is 80.3 Å². The Bertz CT molecular complexity index is 2950. The van der Waals surface area contributed by atoms with Gasteiger partial charge in [-0.15, -0.1) is 4.13 Å². The molecular formula is C41H30F5N3O5S2. The highest BCUT2D eigenvalue weighted by Gasteiger charge is 2.37. The summed E-state index contributed by atoms with van der Waals surface area (Å²) in [5.74, 6) is -12.9. The number of nitrogens with zero attached hydrogens (tertiary/aromatic N) is 1. The summed E-state index contributed by atoms with van der Waals surface area (Å²) < 4.78 is 133. The largest absolute Gasteiger partial charge is 0.456 e. The van der Waals surface area contributed by atoms with Crippen LogP contribution in [0.25, 0.3) is 33.4 Å². The summed E-state index contributed by atoms with van der Waals surface area (Å²) in [4.78, 5) is 1.80. The minimum Gasteiger partial charge on any atom is -0.456 e. The van der Waals surface area contributed by atoms with E-state index in [9.17, 15) is 38.8 Å². The average Bonchev–Trinajstić information content (AvgIpc) is 3.14. The molecule has 0 saturated carbocycles. The number of sulfonamides is 2. The molecule has 0 atom stereocenters. The van der Waals surface area contributed by atoms with Gasteiger partial charge in [-0.3, -0.25) is 0 Å². The zero-order valence-electron chi connectivity index (χ0n) is 29.9. The molecule has 0 unspecified atom stereocenters. The number of hydrogen-bond acceptors (Lipinski definition) is 7. The van der Waals surface area contributed by atoms with E-state index in [0.29, 0.717) is 22.0 Å². The Morgan fingerprint density at radius 1 is 0.589 bits per heavy atom. The van der Waals surface area contributed by atoms with Gasteiger partial charge in [0.05, 0.1) is 15.9 Å². The fourth-order valence-corrected chi connectivity index (χ4v) is 9.76. The highest BCUT2D eigenvalue weighted by atomic mass is 32.3. The third-order valence-electron chi connectivity index (χ3n) is 9.24. The van der Waals surface area contributed by atoms with Crippen molar-refractivity contribution in [1.82, 2.24) is 4.13 Å². The summed E-state index contributed by atoms with van der Waals surface area (Å²) in [6.07, 6.45) is 0. The second-order valence-corrected chi connectivity index (χ2v) is 16.6. The number of benzene rings is 6. The predicted molar refractivity (Wildman–Crippen MR) is 202 cm³/mol. The molecule has 5 aromatic carbocycles. The van der Waals surface area contributed by atoms with Gasteiger partial charge in [0.25, 0.3) is 20.0 Å². The number of rotatable bonds is 8. The van der Waals surface area contributed by atoms with Crippen molar-refractivity contribution in [2.75, 3.05) is 5.32 Å². The standard InChI is InChI=1S/C41H30F5N3O5S2/c1-21-9-7-10-22(2)39(21)47-25-15-17-27-30(19-25)54-31-20-26(48-40-23(3)11-8-12-24(40)4)16-18-28(31)33(27)29-13-5-6-14-32(29)55(50,51)49-56(52,53)41-37(45)35(43)34(42)36(44)38(41)46/h5-20,47,49H,1-4H3/b48-26-. The van der Waals surface area contributed by atoms with Gasteiger partial charge < -0.3 is 9.73 Å². The summed E-state index contributed by atoms with van der Waals surface area (Å²) in [6, 6.07) is 26.9. The van der Waals surface area contributed by atoms with Crippen LogP contribution in [0, 0.1) is 56.8 Å². The smallest absolute Gasteiger partial charge is 0.259 e. The van der Waals surface area contributed by atoms with Crippen LogP contribution in [0.3, 0.4) is 0 Å². The van der Waals surface area contributed by atoms with Crippen molar-refractivity contribution in [1.29, 1.82) is 0 Å². The Balaban J connectivity index is 1.45. The quantitative estimate of drug-likeness (QED) is 0.0684. The first-order valence-corrected chi connectivity index (χ1v) is 19.8. The van der Waals surface area contributed by atoms with Gasteiger partial charge in [0.15, 0.2) is 28.2 Å². The maximum Gasteiger partial charge on any atom is 0.259 e. The number of halogens is 5. The van der Waals surface area contributed by atoms with E-state index < -0.39 is 58.9 Å². The lowest BCUT2D eigenvalue weighted by molar-refractivity contribution is 0.357. The van der Waals surface area contributed by atoms with Crippen molar-refractivity contribution in [3.63, 3.8) is 0 Å². The van der Waals surface area contributed by atoms with Crippen molar-refractivity contribution in [3.8, 4) is 22.5 Å². The molecule has 0 spiro atoms. The van der Waals surface area contributed by atoms with E-state index in [1.165, 1.54) is 22.3 Å². The molecule has 1 heterocycles. The van der Waals surface area contributed by atoms with Gasteiger partial charge >= 0.3 is 0 Å². The lowest BCUT2D eigenvalue weighted by atomic mass is 9.93. The normalized spacial score (nSPS) is 12.5. The summed E-state index contributed by atoms with van der Waals surface area (Å²) in [6.45, 7) is 7.74. The van der Waals surface area contributed by atoms with Gasteiger partial charge in [0, 0.05) is 45.6 Å². The van der Waals surface area contributed by atoms with Gasteiger partial charge in [0.2, 0.25) is 5.82 Å². The molecule has 0 amide bonds. The first-order valence-electron chi connectivity index (χ1n) is 16.8. The number of nitrogens with one attached hydrogen (secondary N) is 2. The van der Waals surface area contributed by atoms with E-state index in [-0.39, 0.29) is 22.5 Å². The molecule has 0 radical (unpaired) electrons. The van der Waals surface area contributed by atoms with Crippen molar-refractivity contribution in [2.24, 2.45) is 4.99 Å². The lowest BCUT2D eigenvalue weighted by Crippen LogP contribution is -2.33. The summed E-state index contributed by atoms with van der Waals surface area (Å²) in [5, 5.41) is 4.29. The second-order valence-electron chi connectivity index (χ2n) is 13.1. The van der Waals surface area contributed by atoms with Crippen molar-refractivity contribution in [2.45, 2.75) is 37.5 Å². The molecule has 0 saturated heterocycles. The molecule has 286 valence electrons. The number of hydrogen-bond donors (Lipinski definition) is 2. The molecule has 1 aliphatic carbocycles. The molecule has 2 aliphatic rings. The van der Waals surface area contributed by atoms with Crippen LogP contribution in [0.2, 0.25) is 0 Å². The van der Waals surface area contributed by atoms with E-state index >= 15 is 0 Å². The Morgan fingerprint density at radius 2 is 1.18 bits per heavy atom. The van der Waals surface area contributed by atoms with Crippen LogP contribution in [0.1, 0.15) is 22.3 Å². The predicted octanol–water partition coefficient (Wildman–Crippen LogP) is 9.78. The SMILES string of the molecule is Cc1cccc(C)c1/N=c1/ccc2c(-c3ccccc3S(=O)(=O)NS(=O)(=O)c3c(F)c(F)c(F)c(F)c3F)c3ccc(Nc4c(C)cccc4C)cc3oc-2c1. The Morgan fingerprint density at radius 3 is 1.82 bits per heavy atom. The first-order chi connectivity index (χ1) is 26.5. The Labute approximate surface area is 318 Å². The molecule has 0 bridgehead atoms. The van der Waals surface area contributed by atoms with Crippen LogP contribution in [-0.2, 0) is 20.0 Å². The third-order valence-corrected chi connectivity index (χ3v) is 12.8. The van der Waals surface area contributed by atoms with Gasteiger partial charge in [0.1, 0.15) is 11.3 Å².